The van der Waals surface area contributed by atoms with Gasteiger partial charge in [0.15, 0.2) is 11.5 Å². The number of fused-ring (bicyclic) bond motifs is 3. The lowest BCUT2D eigenvalue weighted by molar-refractivity contribution is 0.0820. The first-order valence-corrected chi connectivity index (χ1v) is 14.2. The van der Waals surface area contributed by atoms with Crippen LogP contribution in [0.15, 0.2) is 30.6 Å². The van der Waals surface area contributed by atoms with Gasteiger partial charge in [-0.2, -0.15) is 4.98 Å². The summed E-state index contributed by atoms with van der Waals surface area (Å²) < 4.78 is 15.8. The molecule has 1 unspecified atom stereocenters. The fourth-order valence-corrected chi connectivity index (χ4v) is 6.58. The third-order valence-corrected chi connectivity index (χ3v) is 8.45. The van der Waals surface area contributed by atoms with E-state index in [9.17, 15) is 0 Å². The van der Waals surface area contributed by atoms with Crippen molar-refractivity contribution in [3.05, 3.63) is 42.0 Å². The second kappa shape index (κ2) is 10.4. The Balaban J connectivity index is 1.36. The maximum Gasteiger partial charge on any atom is 0.258 e. The lowest BCUT2D eigenvalue weighted by atomic mass is 9.91. The number of imidazole rings is 1. The molecule has 0 radical (unpaired) electrons. The minimum Gasteiger partial charge on any atom is -0.497 e. The largest absolute Gasteiger partial charge is 0.497 e. The summed E-state index contributed by atoms with van der Waals surface area (Å²) in [5.41, 5.74) is 3.19. The van der Waals surface area contributed by atoms with Gasteiger partial charge in [0.25, 0.3) is 5.78 Å². The number of piperazine rings is 1. The van der Waals surface area contributed by atoms with E-state index in [1.165, 1.54) is 5.56 Å². The molecule has 2 aliphatic heterocycles. The Labute approximate surface area is 229 Å². The molecule has 2 fully saturated rings. The number of hydrogen-bond acceptors (Lipinski definition) is 8. The first-order valence-electron chi connectivity index (χ1n) is 14.2. The zero-order chi connectivity index (χ0) is 27.3. The minimum atomic E-state index is 0.205. The van der Waals surface area contributed by atoms with Gasteiger partial charge in [0.1, 0.15) is 23.4 Å². The number of benzene rings is 1. The van der Waals surface area contributed by atoms with Crippen molar-refractivity contribution in [1.82, 2.24) is 34.0 Å². The van der Waals surface area contributed by atoms with Gasteiger partial charge in [0.05, 0.1) is 19.8 Å². The molecule has 6 rings (SSSR count). The number of anilines is 1. The monoisotopic (exact) mass is 532 g/mol. The molecule has 0 spiro atoms. The second-order valence-corrected chi connectivity index (χ2v) is 11.5. The Bertz CT molecular complexity index is 1460. The SMILES string of the molecule is COc1cccc(C(C(C)C)N2C[C@H](C)N(c3nc4nncn4c4c3nc(C)n4C[C@@H]3CCCO3)C[C@H]2C)c1. The maximum atomic E-state index is 5.98. The summed E-state index contributed by atoms with van der Waals surface area (Å²) in [5, 5.41) is 8.55. The summed E-state index contributed by atoms with van der Waals surface area (Å²) >= 11 is 0. The van der Waals surface area contributed by atoms with Crippen LogP contribution < -0.4 is 9.64 Å². The van der Waals surface area contributed by atoms with Crippen LogP contribution in [0.3, 0.4) is 0 Å². The van der Waals surface area contributed by atoms with Crippen LogP contribution in [0.25, 0.3) is 16.9 Å². The van der Waals surface area contributed by atoms with E-state index in [2.05, 4.69) is 77.4 Å². The first-order chi connectivity index (χ1) is 18.9. The number of aromatic nitrogens is 6. The number of methoxy groups -OCH3 is 1. The molecule has 4 atom stereocenters. The predicted octanol–water partition coefficient (Wildman–Crippen LogP) is 4.27. The van der Waals surface area contributed by atoms with Crippen LogP contribution in [0, 0.1) is 12.8 Å². The molecule has 10 heteroatoms. The topological polar surface area (TPSA) is 85.8 Å². The second-order valence-electron chi connectivity index (χ2n) is 11.5. The van der Waals surface area contributed by atoms with Crippen molar-refractivity contribution in [1.29, 1.82) is 0 Å². The smallest absolute Gasteiger partial charge is 0.258 e. The molecular formula is C29H40N8O2. The molecule has 208 valence electrons. The Hall–Kier alpha value is -3.24. The molecule has 1 aromatic carbocycles. The zero-order valence-corrected chi connectivity index (χ0v) is 23.9. The van der Waals surface area contributed by atoms with E-state index < -0.39 is 0 Å². The number of rotatable bonds is 7. The number of aryl methyl sites for hydroxylation is 1. The van der Waals surface area contributed by atoms with E-state index in [-0.39, 0.29) is 12.1 Å². The van der Waals surface area contributed by atoms with Gasteiger partial charge in [-0.05, 0) is 57.2 Å². The summed E-state index contributed by atoms with van der Waals surface area (Å²) in [6.07, 6.45) is 4.13. The molecule has 2 aliphatic rings. The van der Waals surface area contributed by atoms with E-state index in [1.54, 1.807) is 13.4 Å². The van der Waals surface area contributed by atoms with Crippen LogP contribution in [0.2, 0.25) is 0 Å². The lowest BCUT2D eigenvalue weighted by Crippen LogP contribution is -2.58. The molecule has 5 heterocycles. The van der Waals surface area contributed by atoms with Crippen molar-refractivity contribution in [3.8, 4) is 5.75 Å². The van der Waals surface area contributed by atoms with Crippen LogP contribution in [-0.2, 0) is 11.3 Å². The summed E-state index contributed by atoms with van der Waals surface area (Å²) in [7, 11) is 1.73. The van der Waals surface area contributed by atoms with Crippen LogP contribution >= 0.6 is 0 Å². The summed E-state index contributed by atoms with van der Waals surface area (Å²) in [6, 6.07) is 9.35. The molecule has 0 saturated carbocycles. The normalized spacial score (nSPS) is 23.4. The number of hydrogen-bond donors (Lipinski definition) is 0. The standard InChI is InChI=1S/C29H40N8O2/c1-18(2)26(22-9-7-10-23(13-22)38-6)34-14-20(4)35(15-19(34)3)27-25-28(37-17-30-33-29(37)32-27)36(21(5)31-25)16-24-11-8-12-39-24/h7,9-10,13,17-20,24,26H,8,11-12,14-16H2,1-6H3/t19-,20+,24+,26?/m1/s1. The Morgan fingerprint density at radius 1 is 1.13 bits per heavy atom. The van der Waals surface area contributed by atoms with E-state index in [1.807, 2.05) is 10.5 Å². The molecular weight excluding hydrogens is 492 g/mol. The quantitative estimate of drug-likeness (QED) is 0.349. The van der Waals surface area contributed by atoms with Crippen molar-refractivity contribution in [2.45, 2.75) is 78.2 Å². The molecule has 0 bridgehead atoms. The van der Waals surface area contributed by atoms with E-state index >= 15 is 0 Å². The number of nitrogens with zero attached hydrogens (tertiary/aromatic N) is 8. The van der Waals surface area contributed by atoms with E-state index in [0.717, 1.165) is 67.6 Å². The lowest BCUT2D eigenvalue weighted by Gasteiger charge is -2.49. The van der Waals surface area contributed by atoms with Gasteiger partial charge < -0.3 is 18.9 Å². The van der Waals surface area contributed by atoms with Crippen molar-refractivity contribution in [2.75, 3.05) is 31.7 Å². The van der Waals surface area contributed by atoms with Gasteiger partial charge in [-0.1, -0.05) is 26.0 Å². The molecule has 3 aromatic heterocycles. The number of ether oxygens (including phenoxy) is 2. The molecule has 39 heavy (non-hydrogen) atoms. The first kappa shape index (κ1) is 26.0. The fourth-order valence-electron chi connectivity index (χ4n) is 6.58. The van der Waals surface area contributed by atoms with Crippen molar-refractivity contribution < 1.29 is 9.47 Å². The van der Waals surface area contributed by atoms with Gasteiger partial charge in [0, 0.05) is 37.8 Å². The van der Waals surface area contributed by atoms with Crippen molar-refractivity contribution in [3.63, 3.8) is 0 Å². The average molecular weight is 533 g/mol. The van der Waals surface area contributed by atoms with Crippen LogP contribution in [-0.4, -0.2) is 79.0 Å². The van der Waals surface area contributed by atoms with Gasteiger partial charge in [-0.3, -0.25) is 4.90 Å². The molecule has 4 aromatic rings. The minimum absolute atomic E-state index is 0.205. The van der Waals surface area contributed by atoms with Gasteiger partial charge >= 0.3 is 0 Å². The van der Waals surface area contributed by atoms with E-state index in [4.69, 9.17) is 19.4 Å². The van der Waals surface area contributed by atoms with Crippen molar-refractivity contribution >= 4 is 22.8 Å². The fraction of sp³-hybridized carbons (Fsp3) is 0.586. The molecule has 0 aliphatic carbocycles. The van der Waals surface area contributed by atoms with E-state index in [0.29, 0.717) is 23.8 Å². The van der Waals surface area contributed by atoms with Crippen LogP contribution in [0.4, 0.5) is 5.82 Å². The highest BCUT2D eigenvalue weighted by atomic mass is 16.5. The molecule has 0 N–H and O–H groups in total. The van der Waals surface area contributed by atoms with Crippen LogP contribution in [0.1, 0.15) is 58.0 Å². The van der Waals surface area contributed by atoms with Gasteiger partial charge in [0.2, 0.25) is 0 Å². The van der Waals surface area contributed by atoms with Crippen molar-refractivity contribution in [2.24, 2.45) is 5.92 Å². The predicted molar refractivity (Wildman–Crippen MR) is 151 cm³/mol. The highest BCUT2D eigenvalue weighted by Crippen LogP contribution is 2.37. The maximum absolute atomic E-state index is 5.98. The Morgan fingerprint density at radius 2 is 1.97 bits per heavy atom. The Kier molecular flexibility index (Phi) is 6.93. The average Bonchev–Trinajstić information content (AvgIpc) is 3.67. The Morgan fingerprint density at radius 3 is 2.72 bits per heavy atom. The highest BCUT2D eigenvalue weighted by molar-refractivity contribution is 5.87. The third kappa shape index (κ3) is 4.63. The third-order valence-electron chi connectivity index (χ3n) is 8.45. The van der Waals surface area contributed by atoms with Crippen LogP contribution in [0.5, 0.6) is 5.75 Å². The summed E-state index contributed by atoms with van der Waals surface area (Å²) in [4.78, 5) is 15.2. The molecule has 10 nitrogen and oxygen atoms in total. The molecule has 2 saturated heterocycles. The zero-order valence-electron chi connectivity index (χ0n) is 23.9. The summed E-state index contributed by atoms with van der Waals surface area (Å²) in [6.45, 7) is 14.7. The molecule has 0 amide bonds. The van der Waals surface area contributed by atoms with Gasteiger partial charge in [-0.15, -0.1) is 10.2 Å². The van der Waals surface area contributed by atoms with Gasteiger partial charge in [-0.25, -0.2) is 9.38 Å². The summed E-state index contributed by atoms with van der Waals surface area (Å²) in [5.74, 6) is 3.80. The highest BCUT2D eigenvalue weighted by Gasteiger charge is 2.37.